The molecule has 1 saturated heterocycles. The molecule has 1 atom stereocenters. The van der Waals surface area contributed by atoms with Crippen LogP contribution in [0.15, 0.2) is 48.9 Å². The Bertz CT molecular complexity index is 796. The molecule has 0 radical (unpaired) electrons. The second kappa shape index (κ2) is 6.68. The molecule has 1 aliphatic rings. The summed E-state index contributed by atoms with van der Waals surface area (Å²) in [5.41, 5.74) is 2.28. The molecule has 0 bridgehead atoms. The quantitative estimate of drug-likeness (QED) is 0.793. The Hall–Kier alpha value is -3.29. The number of imide groups is 1. The Labute approximate surface area is 144 Å². The summed E-state index contributed by atoms with van der Waals surface area (Å²) in [5.74, 6) is -1.19. The first-order valence-electron chi connectivity index (χ1n) is 7.77. The molecule has 1 aromatic heterocycles. The minimum Gasteiger partial charge on any atom is -0.322 e. The molecular weight excluding hydrogens is 322 g/mol. The van der Waals surface area contributed by atoms with Crippen LogP contribution in [0.2, 0.25) is 0 Å². The lowest BCUT2D eigenvalue weighted by Crippen LogP contribution is -2.49. The van der Waals surface area contributed by atoms with Gasteiger partial charge >= 0.3 is 6.03 Å². The van der Waals surface area contributed by atoms with E-state index in [9.17, 15) is 14.4 Å². The number of amides is 4. The third-order valence-electron chi connectivity index (χ3n) is 4.03. The Balaban J connectivity index is 1.68. The van der Waals surface area contributed by atoms with Gasteiger partial charge in [-0.05, 0) is 25.3 Å². The van der Waals surface area contributed by atoms with Gasteiger partial charge in [-0.2, -0.15) is 5.01 Å². The summed E-state index contributed by atoms with van der Waals surface area (Å²) in [6.07, 6.45) is 5.06. The maximum Gasteiger partial charge on any atom is 0.344 e. The van der Waals surface area contributed by atoms with E-state index in [0.29, 0.717) is 17.9 Å². The van der Waals surface area contributed by atoms with Crippen LogP contribution in [-0.2, 0) is 11.2 Å². The van der Waals surface area contributed by atoms with E-state index in [1.165, 1.54) is 18.6 Å². The fraction of sp³-hybridized carbons (Fsp3) is 0.235. The molecule has 0 aliphatic carbocycles. The van der Waals surface area contributed by atoms with E-state index in [4.69, 9.17) is 0 Å². The SMILES string of the molecule is C[C@]1(CCc2ccccc2)NC(=O)N(NC(=O)c2cnccn2)C1=O. The number of urea groups is 1. The summed E-state index contributed by atoms with van der Waals surface area (Å²) in [7, 11) is 0. The summed E-state index contributed by atoms with van der Waals surface area (Å²) in [6.45, 7) is 1.64. The topological polar surface area (TPSA) is 104 Å². The number of hydrogen-bond donors (Lipinski definition) is 2. The van der Waals surface area contributed by atoms with Gasteiger partial charge in [-0.3, -0.25) is 20.0 Å². The minimum absolute atomic E-state index is 0.0148. The highest BCUT2D eigenvalue weighted by Crippen LogP contribution is 2.22. The van der Waals surface area contributed by atoms with Crippen LogP contribution in [0.5, 0.6) is 0 Å². The molecule has 1 aromatic carbocycles. The number of carbonyl (C=O) groups is 3. The first-order chi connectivity index (χ1) is 12.0. The number of aryl methyl sites for hydroxylation is 1. The zero-order valence-electron chi connectivity index (χ0n) is 13.6. The van der Waals surface area contributed by atoms with Crippen molar-refractivity contribution in [2.45, 2.75) is 25.3 Å². The molecule has 1 fully saturated rings. The molecule has 0 saturated carbocycles. The number of benzene rings is 1. The van der Waals surface area contributed by atoms with E-state index in [2.05, 4.69) is 20.7 Å². The second-order valence-corrected chi connectivity index (χ2v) is 5.92. The minimum atomic E-state index is -1.08. The van der Waals surface area contributed by atoms with Gasteiger partial charge in [0.25, 0.3) is 11.8 Å². The Kier molecular flexibility index (Phi) is 4.42. The zero-order chi connectivity index (χ0) is 17.9. The predicted molar refractivity (Wildman–Crippen MR) is 88.0 cm³/mol. The Morgan fingerprint density at radius 3 is 2.68 bits per heavy atom. The van der Waals surface area contributed by atoms with Crippen LogP contribution >= 0.6 is 0 Å². The van der Waals surface area contributed by atoms with Crippen molar-refractivity contribution in [3.63, 3.8) is 0 Å². The van der Waals surface area contributed by atoms with Crippen molar-refractivity contribution in [1.82, 2.24) is 25.7 Å². The van der Waals surface area contributed by atoms with E-state index < -0.39 is 23.4 Å². The maximum absolute atomic E-state index is 12.6. The van der Waals surface area contributed by atoms with Crippen molar-refractivity contribution in [1.29, 1.82) is 0 Å². The van der Waals surface area contributed by atoms with Gasteiger partial charge in [-0.15, -0.1) is 0 Å². The van der Waals surface area contributed by atoms with Gasteiger partial charge in [0.15, 0.2) is 0 Å². The first-order valence-corrected chi connectivity index (χ1v) is 7.77. The van der Waals surface area contributed by atoms with Crippen LogP contribution in [0, 0.1) is 0 Å². The van der Waals surface area contributed by atoms with Crippen molar-refractivity contribution >= 4 is 17.8 Å². The highest BCUT2D eigenvalue weighted by Gasteiger charge is 2.48. The molecular formula is C17H17N5O3. The van der Waals surface area contributed by atoms with Gasteiger partial charge in [0, 0.05) is 12.4 Å². The third kappa shape index (κ3) is 3.47. The molecule has 4 amide bonds. The van der Waals surface area contributed by atoms with E-state index in [1.807, 2.05) is 30.3 Å². The van der Waals surface area contributed by atoms with Crippen molar-refractivity contribution < 1.29 is 14.4 Å². The van der Waals surface area contributed by atoms with Crippen molar-refractivity contribution in [2.75, 3.05) is 0 Å². The first kappa shape index (κ1) is 16.6. The lowest BCUT2D eigenvalue weighted by Gasteiger charge is -2.21. The summed E-state index contributed by atoms with van der Waals surface area (Å²) in [5, 5.41) is 3.34. The molecule has 0 unspecified atom stereocenters. The molecule has 8 nitrogen and oxygen atoms in total. The van der Waals surface area contributed by atoms with Gasteiger partial charge in [-0.25, -0.2) is 9.78 Å². The van der Waals surface area contributed by atoms with E-state index in [1.54, 1.807) is 6.92 Å². The number of nitrogens with one attached hydrogen (secondary N) is 2. The Morgan fingerprint density at radius 2 is 2.00 bits per heavy atom. The lowest BCUT2D eigenvalue weighted by atomic mass is 9.93. The van der Waals surface area contributed by atoms with Crippen molar-refractivity contribution in [3.8, 4) is 0 Å². The highest BCUT2D eigenvalue weighted by molar-refractivity contribution is 6.08. The second-order valence-electron chi connectivity index (χ2n) is 5.92. The standard InChI is InChI=1S/C17H17N5O3/c1-17(8-7-12-5-3-2-4-6-12)15(24)22(16(25)20-17)21-14(23)13-11-18-9-10-19-13/h2-6,9-11H,7-8H2,1H3,(H,20,25)(H,21,23)/t17-/m1/s1. The Morgan fingerprint density at radius 1 is 1.24 bits per heavy atom. The molecule has 2 heterocycles. The number of hydrogen-bond acceptors (Lipinski definition) is 5. The molecule has 0 spiro atoms. The van der Waals surface area contributed by atoms with E-state index in [0.717, 1.165) is 5.56 Å². The maximum atomic E-state index is 12.6. The number of rotatable bonds is 5. The molecule has 1 aliphatic heterocycles. The fourth-order valence-corrected chi connectivity index (χ4v) is 2.57. The normalized spacial score (nSPS) is 19.6. The molecule has 25 heavy (non-hydrogen) atoms. The van der Waals surface area contributed by atoms with Crippen molar-refractivity contribution in [3.05, 3.63) is 60.2 Å². The number of nitrogens with zero attached hydrogens (tertiary/aromatic N) is 3. The van der Waals surface area contributed by atoms with Gasteiger partial charge < -0.3 is 5.32 Å². The number of aromatic nitrogens is 2. The van der Waals surface area contributed by atoms with Crippen LogP contribution in [0.3, 0.4) is 0 Å². The summed E-state index contributed by atoms with van der Waals surface area (Å²) in [6, 6.07) is 8.99. The van der Waals surface area contributed by atoms with Crippen LogP contribution in [-0.4, -0.2) is 38.4 Å². The van der Waals surface area contributed by atoms with Crippen LogP contribution in [0.25, 0.3) is 0 Å². The molecule has 2 N–H and O–H groups in total. The molecule has 8 heteroatoms. The monoisotopic (exact) mass is 339 g/mol. The van der Waals surface area contributed by atoms with Crippen LogP contribution in [0.1, 0.15) is 29.4 Å². The average molecular weight is 339 g/mol. The van der Waals surface area contributed by atoms with Crippen LogP contribution in [0.4, 0.5) is 4.79 Å². The smallest absolute Gasteiger partial charge is 0.322 e. The number of carbonyl (C=O) groups excluding carboxylic acids is 3. The number of hydrazine groups is 1. The largest absolute Gasteiger partial charge is 0.344 e. The molecule has 3 rings (SSSR count). The predicted octanol–water partition coefficient (Wildman–Crippen LogP) is 1.06. The average Bonchev–Trinajstić information content (AvgIpc) is 2.85. The van der Waals surface area contributed by atoms with Crippen molar-refractivity contribution in [2.24, 2.45) is 0 Å². The molecule has 2 aromatic rings. The fourth-order valence-electron chi connectivity index (χ4n) is 2.57. The highest BCUT2D eigenvalue weighted by atomic mass is 16.2. The third-order valence-corrected chi connectivity index (χ3v) is 4.03. The summed E-state index contributed by atoms with van der Waals surface area (Å²) < 4.78 is 0. The van der Waals surface area contributed by atoms with Gasteiger partial charge in [-0.1, -0.05) is 30.3 Å². The van der Waals surface area contributed by atoms with E-state index in [-0.39, 0.29) is 5.69 Å². The van der Waals surface area contributed by atoms with E-state index >= 15 is 0 Å². The van der Waals surface area contributed by atoms with Gasteiger partial charge in [0.2, 0.25) is 0 Å². The zero-order valence-corrected chi connectivity index (χ0v) is 13.6. The summed E-state index contributed by atoms with van der Waals surface area (Å²) in [4.78, 5) is 44.5. The molecule has 128 valence electrons. The van der Waals surface area contributed by atoms with Gasteiger partial charge in [0.1, 0.15) is 11.2 Å². The lowest BCUT2D eigenvalue weighted by molar-refractivity contribution is -0.132. The van der Waals surface area contributed by atoms with Crippen LogP contribution < -0.4 is 10.7 Å². The van der Waals surface area contributed by atoms with Gasteiger partial charge in [0.05, 0.1) is 6.20 Å². The summed E-state index contributed by atoms with van der Waals surface area (Å²) >= 11 is 0.